The van der Waals surface area contributed by atoms with E-state index in [-0.39, 0.29) is 10.8 Å². The number of thiol groups is 1. The van der Waals surface area contributed by atoms with Crippen LogP contribution in [0.4, 0.5) is 0 Å². The van der Waals surface area contributed by atoms with E-state index in [1.807, 2.05) is 12.1 Å². The molecule has 2 heteroatoms. The van der Waals surface area contributed by atoms with Crippen LogP contribution < -0.4 is 0 Å². The van der Waals surface area contributed by atoms with E-state index in [4.69, 9.17) is 0 Å². The monoisotopic (exact) mass is 266 g/mol. The molecule has 0 radical (unpaired) electrons. The van der Waals surface area contributed by atoms with Gasteiger partial charge in [0.1, 0.15) is 5.75 Å². The molecule has 1 rings (SSSR count). The van der Waals surface area contributed by atoms with E-state index in [9.17, 15) is 5.11 Å². The molecule has 0 spiro atoms. The van der Waals surface area contributed by atoms with E-state index in [2.05, 4.69) is 54.2 Å². The lowest BCUT2D eigenvalue weighted by Gasteiger charge is -2.30. The SMILES string of the molecule is CCC(C)(C)c1cc(S)cc(C(C)(C)CC)c1O. The molecule has 0 aromatic heterocycles. The van der Waals surface area contributed by atoms with Crippen LogP contribution >= 0.6 is 12.6 Å². The normalized spacial score (nSPS) is 12.8. The summed E-state index contributed by atoms with van der Waals surface area (Å²) >= 11 is 4.50. The molecule has 0 saturated heterocycles. The molecule has 18 heavy (non-hydrogen) atoms. The highest BCUT2D eigenvalue weighted by atomic mass is 32.1. The predicted molar refractivity (Wildman–Crippen MR) is 82.0 cm³/mol. The molecule has 0 atom stereocenters. The fourth-order valence-corrected chi connectivity index (χ4v) is 2.29. The number of hydrogen-bond acceptors (Lipinski definition) is 2. The van der Waals surface area contributed by atoms with Crippen LogP contribution in [-0.4, -0.2) is 5.11 Å². The molecular formula is C16H26OS. The fourth-order valence-electron chi connectivity index (χ4n) is 2.03. The third kappa shape index (κ3) is 2.85. The van der Waals surface area contributed by atoms with E-state index in [1.54, 1.807) is 0 Å². The average Bonchev–Trinajstić information content (AvgIpc) is 2.31. The van der Waals surface area contributed by atoms with Crippen LogP contribution in [0.5, 0.6) is 5.75 Å². The highest BCUT2D eigenvalue weighted by molar-refractivity contribution is 7.80. The van der Waals surface area contributed by atoms with Crippen molar-refractivity contribution in [1.29, 1.82) is 0 Å². The Kier molecular flexibility index (Phi) is 4.42. The van der Waals surface area contributed by atoms with Crippen LogP contribution in [0, 0.1) is 0 Å². The van der Waals surface area contributed by atoms with Gasteiger partial charge in [0.05, 0.1) is 0 Å². The van der Waals surface area contributed by atoms with Crippen molar-refractivity contribution in [2.24, 2.45) is 0 Å². The lowest BCUT2D eigenvalue weighted by Crippen LogP contribution is -2.20. The molecule has 0 heterocycles. The zero-order chi connectivity index (χ0) is 14.1. The lowest BCUT2D eigenvalue weighted by molar-refractivity contribution is 0.399. The molecule has 0 aliphatic rings. The van der Waals surface area contributed by atoms with Gasteiger partial charge in [-0.25, -0.2) is 0 Å². The molecule has 0 fully saturated rings. The summed E-state index contributed by atoms with van der Waals surface area (Å²) in [7, 11) is 0. The molecule has 0 aliphatic carbocycles. The maximum atomic E-state index is 10.6. The molecule has 0 bridgehead atoms. The maximum Gasteiger partial charge on any atom is 0.123 e. The van der Waals surface area contributed by atoms with Crippen LogP contribution in [0.1, 0.15) is 65.5 Å². The minimum Gasteiger partial charge on any atom is -0.507 e. The molecule has 0 saturated carbocycles. The van der Waals surface area contributed by atoms with Crippen molar-refractivity contribution in [2.45, 2.75) is 70.1 Å². The standard InChI is InChI=1S/C16H26OS/c1-7-15(3,4)12-9-11(18)10-13(14(12)17)16(5,6)8-2/h9-10,17-18H,7-8H2,1-6H3. The second kappa shape index (κ2) is 5.16. The third-order valence-corrected chi connectivity index (χ3v) is 4.58. The Hall–Kier alpha value is -0.630. The molecule has 1 aromatic carbocycles. The van der Waals surface area contributed by atoms with E-state index in [0.29, 0.717) is 5.75 Å². The summed E-state index contributed by atoms with van der Waals surface area (Å²) < 4.78 is 0. The topological polar surface area (TPSA) is 20.2 Å². The van der Waals surface area contributed by atoms with Crippen LogP contribution in [-0.2, 0) is 10.8 Å². The van der Waals surface area contributed by atoms with Crippen LogP contribution in [0.2, 0.25) is 0 Å². The van der Waals surface area contributed by atoms with Crippen molar-refractivity contribution in [3.63, 3.8) is 0 Å². The summed E-state index contributed by atoms with van der Waals surface area (Å²) in [6.45, 7) is 13.0. The van der Waals surface area contributed by atoms with Gasteiger partial charge in [-0.15, -0.1) is 12.6 Å². The van der Waals surface area contributed by atoms with Crippen molar-refractivity contribution in [1.82, 2.24) is 0 Å². The van der Waals surface area contributed by atoms with Gasteiger partial charge in [0.2, 0.25) is 0 Å². The van der Waals surface area contributed by atoms with Gasteiger partial charge >= 0.3 is 0 Å². The molecule has 102 valence electrons. The van der Waals surface area contributed by atoms with E-state index < -0.39 is 0 Å². The Labute approximate surface area is 117 Å². The third-order valence-electron chi connectivity index (χ3n) is 4.32. The zero-order valence-electron chi connectivity index (χ0n) is 12.5. The molecular weight excluding hydrogens is 240 g/mol. The molecule has 1 aromatic rings. The maximum absolute atomic E-state index is 10.6. The summed E-state index contributed by atoms with van der Waals surface area (Å²) in [4.78, 5) is 0.931. The summed E-state index contributed by atoms with van der Waals surface area (Å²) in [6, 6.07) is 3.99. The number of phenols is 1. The van der Waals surface area contributed by atoms with Gasteiger partial charge in [0, 0.05) is 16.0 Å². The first-order valence-corrected chi connectivity index (χ1v) is 7.17. The van der Waals surface area contributed by atoms with Gasteiger partial charge < -0.3 is 5.11 Å². The van der Waals surface area contributed by atoms with Crippen molar-refractivity contribution in [3.05, 3.63) is 23.3 Å². The first-order valence-electron chi connectivity index (χ1n) is 6.72. The van der Waals surface area contributed by atoms with Crippen LogP contribution in [0.15, 0.2) is 17.0 Å². The highest BCUT2D eigenvalue weighted by Crippen LogP contribution is 2.42. The zero-order valence-corrected chi connectivity index (χ0v) is 13.4. The van der Waals surface area contributed by atoms with Crippen molar-refractivity contribution >= 4 is 12.6 Å². The van der Waals surface area contributed by atoms with Crippen LogP contribution in [0.3, 0.4) is 0 Å². The Bertz CT molecular complexity index is 396. The van der Waals surface area contributed by atoms with Gasteiger partial charge in [-0.2, -0.15) is 0 Å². The molecule has 1 nitrogen and oxygen atoms in total. The van der Waals surface area contributed by atoms with Gasteiger partial charge in [-0.05, 0) is 35.8 Å². The van der Waals surface area contributed by atoms with Gasteiger partial charge in [-0.1, -0.05) is 41.5 Å². The second-order valence-electron chi connectivity index (χ2n) is 6.36. The average molecular weight is 266 g/mol. The van der Waals surface area contributed by atoms with Crippen LogP contribution in [0.25, 0.3) is 0 Å². The Balaban J connectivity index is 3.50. The number of hydrogen-bond donors (Lipinski definition) is 2. The molecule has 0 aliphatic heterocycles. The molecule has 0 unspecified atom stereocenters. The quantitative estimate of drug-likeness (QED) is 0.730. The number of aromatic hydroxyl groups is 1. The second-order valence-corrected chi connectivity index (χ2v) is 6.88. The first-order chi connectivity index (χ1) is 8.15. The van der Waals surface area contributed by atoms with Gasteiger partial charge in [0.25, 0.3) is 0 Å². The minimum absolute atomic E-state index is 0.0264. The number of benzene rings is 1. The fraction of sp³-hybridized carbons (Fsp3) is 0.625. The highest BCUT2D eigenvalue weighted by Gasteiger charge is 2.29. The summed E-state index contributed by atoms with van der Waals surface area (Å²) in [6.07, 6.45) is 1.98. The van der Waals surface area contributed by atoms with Crippen molar-refractivity contribution in [2.75, 3.05) is 0 Å². The molecule has 1 N–H and O–H groups in total. The largest absolute Gasteiger partial charge is 0.507 e. The molecule has 0 amide bonds. The van der Waals surface area contributed by atoms with E-state index in [1.165, 1.54) is 0 Å². The van der Waals surface area contributed by atoms with E-state index >= 15 is 0 Å². The Morgan fingerprint density at radius 3 is 1.56 bits per heavy atom. The van der Waals surface area contributed by atoms with Crippen molar-refractivity contribution < 1.29 is 5.11 Å². The summed E-state index contributed by atoms with van der Waals surface area (Å²) in [5.74, 6) is 0.450. The smallest absolute Gasteiger partial charge is 0.123 e. The summed E-state index contributed by atoms with van der Waals surface area (Å²) in [5, 5.41) is 10.6. The Morgan fingerprint density at radius 2 is 1.28 bits per heavy atom. The number of phenolic OH excluding ortho intramolecular Hbond substituents is 1. The Morgan fingerprint density at radius 1 is 0.944 bits per heavy atom. The number of rotatable bonds is 4. The van der Waals surface area contributed by atoms with Gasteiger partial charge in [0.15, 0.2) is 0 Å². The van der Waals surface area contributed by atoms with Crippen molar-refractivity contribution in [3.8, 4) is 5.75 Å². The minimum atomic E-state index is -0.0264. The van der Waals surface area contributed by atoms with Gasteiger partial charge in [-0.3, -0.25) is 0 Å². The predicted octanol–water partition coefficient (Wildman–Crippen LogP) is 5.06. The lowest BCUT2D eigenvalue weighted by atomic mass is 9.76. The first kappa shape index (κ1) is 15.4. The van der Waals surface area contributed by atoms with E-state index in [0.717, 1.165) is 28.9 Å². The summed E-state index contributed by atoms with van der Waals surface area (Å²) in [5.41, 5.74) is 1.96.